The standard InChI is InChI=1S/C21H37NO2S/c1-3-4-5-6-7-8-9-10-11-15-21(24)17-20(19(2)23)14-12-13-16-22-18-25/h20H,3-17H2,1-2H3. The summed E-state index contributed by atoms with van der Waals surface area (Å²) in [6.07, 6.45) is 15.0. The predicted molar refractivity (Wildman–Crippen MR) is 109 cm³/mol. The third-order valence-corrected chi connectivity index (χ3v) is 4.87. The van der Waals surface area contributed by atoms with Crippen LogP contribution in [0.2, 0.25) is 0 Å². The van der Waals surface area contributed by atoms with E-state index in [1.54, 1.807) is 6.92 Å². The molecule has 144 valence electrons. The van der Waals surface area contributed by atoms with Crippen molar-refractivity contribution in [3.63, 3.8) is 0 Å². The fourth-order valence-electron chi connectivity index (χ4n) is 3.09. The number of isothiocyanates is 1. The van der Waals surface area contributed by atoms with Crippen LogP contribution in [0, 0.1) is 5.92 Å². The number of unbranched alkanes of at least 4 members (excludes halogenated alkanes) is 9. The van der Waals surface area contributed by atoms with Crippen molar-refractivity contribution in [1.82, 2.24) is 0 Å². The zero-order valence-electron chi connectivity index (χ0n) is 16.4. The second-order valence-corrected chi connectivity index (χ2v) is 7.28. The molecular formula is C21H37NO2S. The van der Waals surface area contributed by atoms with E-state index in [2.05, 4.69) is 29.3 Å². The first-order valence-electron chi connectivity index (χ1n) is 10.2. The first kappa shape index (κ1) is 24.1. The molecule has 0 amide bonds. The summed E-state index contributed by atoms with van der Waals surface area (Å²) in [6.45, 7) is 4.51. The maximum atomic E-state index is 12.1. The molecule has 0 N–H and O–H groups in total. The number of carbonyl (C=O) groups excluding carboxylic acids is 2. The lowest BCUT2D eigenvalue weighted by molar-refractivity contribution is -0.127. The van der Waals surface area contributed by atoms with Gasteiger partial charge >= 0.3 is 0 Å². The zero-order valence-corrected chi connectivity index (χ0v) is 17.2. The number of aliphatic imine (C=N–C) groups is 1. The second-order valence-electron chi connectivity index (χ2n) is 7.10. The smallest absolute Gasteiger partial charge is 0.133 e. The molecule has 0 aliphatic rings. The van der Waals surface area contributed by atoms with Crippen molar-refractivity contribution in [3.8, 4) is 0 Å². The minimum absolute atomic E-state index is 0.109. The monoisotopic (exact) mass is 367 g/mol. The van der Waals surface area contributed by atoms with Gasteiger partial charge in [-0.2, -0.15) is 0 Å². The summed E-state index contributed by atoms with van der Waals surface area (Å²) >= 11 is 4.53. The molecule has 0 rings (SSSR count). The molecule has 0 aliphatic carbocycles. The van der Waals surface area contributed by atoms with E-state index in [4.69, 9.17) is 0 Å². The topological polar surface area (TPSA) is 46.5 Å². The maximum absolute atomic E-state index is 12.1. The van der Waals surface area contributed by atoms with Gasteiger partial charge in [-0.15, -0.1) is 0 Å². The normalized spacial score (nSPS) is 11.8. The van der Waals surface area contributed by atoms with E-state index in [1.165, 1.54) is 44.9 Å². The molecule has 0 radical (unpaired) electrons. The number of Topliss-reactive ketones (excluding diaryl/α,β-unsaturated/α-hetero) is 2. The molecule has 0 aliphatic heterocycles. The van der Waals surface area contributed by atoms with Gasteiger partial charge in [0.15, 0.2) is 0 Å². The van der Waals surface area contributed by atoms with Crippen LogP contribution in [0.15, 0.2) is 4.99 Å². The van der Waals surface area contributed by atoms with Crippen LogP contribution >= 0.6 is 12.2 Å². The molecule has 0 aromatic heterocycles. The Bertz CT molecular complexity index is 403. The second kappa shape index (κ2) is 17.9. The average molecular weight is 368 g/mol. The van der Waals surface area contributed by atoms with E-state index in [9.17, 15) is 9.59 Å². The minimum atomic E-state index is -0.109. The molecular weight excluding hydrogens is 330 g/mol. The molecule has 1 atom stereocenters. The molecule has 0 spiro atoms. The fraction of sp³-hybridized carbons (Fsp3) is 0.857. The molecule has 0 heterocycles. The quantitative estimate of drug-likeness (QED) is 0.161. The summed E-state index contributed by atoms with van der Waals surface area (Å²) in [4.78, 5) is 27.7. The molecule has 0 aromatic carbocycles. The molecule has 25 heavy (non-hydrogen) atoms. The Morgan fingerprint density at radius 1 is 0.920 bits per heavy atom. The Morgan fingerprint density at radius 2 is 1.52 bits per heavy atom. The molecule has 0 saturated carbocycles. The molecule has 1 unspecified atom stereocenters. The van der Waals surface area contributed by atoms with Crippen molar-refractivity contribution in [3.05, 3.63) is 0 Å². The predicted octanol–water partition coefficient (Wildman–Crippen LogP) is 6.34. The SMILES string of the molecule is CCCCCCCCCCCC(=O)CC(CCCCN=C=S)C(C)=O. The number of rotatable bonds is 18. The highest BCUT2D eigenvalue weighted by Crippen LogP contribution is 2.17. The lowest BCUT2D eigenvalue weighted by atomic mass is 9.91. The lowest BCUT2D eigenvalue weighted by Crippen LogP contribution is -2.16. The van der Waals surface area contributed by atoms with Crippen molar-refractivity contribution in [1.29, 1.82) is 0 Å². The van der Waals surface area contributed by atoms with Crippen LogP contribution in [0.5, 0.6) is 0 Å². The average Bonchev–Trinajstić information content (AvgIpc) is 2.59. The number of ketones is 2. The maximum Gasteiger partial charge on any atom is 0.133 e. The van der Waals surface area contributed by atoms with E-state index in [1.807, 2.05) is 0 Å². The minimum Gasteiger partial charge on any atom is -0.300 e. The summed E-state index contributed by atoms with van der Waals surface area (Å²) in [5.74, 6) is 0.279. The van der Waals surface area contributed by atoms with E-state index >= 15 is 0 Å². The molecule has 0 bridgehead atoms. The Balaban J connectivity index is 3.71. The third-order valence-electron chi connectivity index (χ3n) is 4.75. The van der Waals surface area contributed by atoms with Crippen LogP contribution in [0.25, 0.3) is 0 Å². The highest BCUT2D eigenvalue weighted by Gasteiger charge is 2.17. The van der Waals surface area contributed by atoms with Gasteiger partial charge in [0.05, 0.1) is 5.16 Å². The summed E-state index contributed by atoms with van der Waals surface area (Å²) in [6, 6.07) is 0. The van der Waals surface area contributed by atoms with Gasteiger partial charge in [-0.3, -0.25) is 9.59 Å². The van der Waals surface area contributed by atoms with Crippen molar-refractivity contribution in [2.75, 3.05) is 6.54 Å². The number of carbonyl (C=O) groups is 2. The van der Waals surface area contributed by atoms with Crippen LogP contribution < -0.4 is 0 Å². The van der Waals surface area contributed by atoms with Crippen LogP contribution in [0.3, 0.4) is 0 Å². The lowest BCUT2D eigenvalue weighted by Gasteiger charge is -2.12. The molecule has 3 nitrogen and oxygen atoms in total. The van der Waals surface area contributed by atoms with Gasteiger partial charge in [0.25, 0.3) is 0 Å². The van der Waals surface area contributed by atoms with E-state index in [0.717, 1.165) is 32.1 Å². The number of hydrogen-bond donors (Lipinski definition) is 0. The number of thiocarbonyl (C=S) groups is 1. The molecule has 4 heteroatoms. The zero-order chi connectivity index (χ0) is 18.8. The van der Waals surface area contributed by atoms with Gasteiger partial charge in [-0.25, -0.2) is 4.99 Å². The highest BCUT2D eigenvalue weighted by molar-refractivity contribution is 7.78. The fourth-order valence-corrected chi connectivity index (χ4v) is 3.18. The largest absolute Gasteiger partial charge is 0.300 e. The Kier molecular flexibility index (Phi) is 17.3. The van der Waals surface area contributed by atoms with Crippen molar-refractivity contribution in [2.45, 2.75) is 104 Å². The van der Waals surface area contributed by atoms with Crippen LogP contribution in [-0.4, -0.2) is 23.3 Å². The summed E-state index contributed by atoms with van der Waals surface area (Å²) in [7, 11) is 0. The molecule has 0 saturated heterocycles. The van der Waals surface area contributed by atoms with Crippen LogP contribution in [0.1, 0.15) is 104 Å². The number of hydrogen-bond acceptors (Lipinski definition) is 4. The summed E-state index contributed by atoms with van der Waals surface area (Å²) in [5.41, 5.74) is 0. The van der Waals surface area contributed by atoms with E-state index < -0.39 is 0 Å². The Hall–Kier alpha value is -0.860. The number of nitrogens with zero attached hydrogens (tertiary/aromatic N) is 1. The van der Waals surface area contributed by atoms with Gasteiger partial charge in [0, 0.05) is 25.3 Å². The Morgan fingerprint density at radius 3 is 2.08 bits per heavy atom. The van der Waals surface area contributed by atoms with Gasteiger partial charge in [0.2, 0.25) is 0 Å². The molecule has 0 fully saturated rings. The van der Waals surface area contributed by atoms with Crippen molar-refractivity contribution >= 4 is 28.9 Å². The summed E-state index contributed by atoms with van der Waals surface area (Å²) < 4.78 is 0. The van der Waals surface area contributed by atoms with Gasteiger partial charge < -0.3 is 0 Å². The van der Waals surface area contributed by atoms with Crippen LogP contribution in [-0.2, 0) is 9.59 Å². The van der Waals surface area contributed by atoms with Gasteiger partial charge in [-0.1, -0.05) is 64.7 Å². The van der Waals surface area contributed by atoms with Gasteiger partial charge in [0.1, 0.15) is 11.6 Å². The van der Waals surface area contributed by atoms with Gasteiger partial charge in [-0.05, 0) is 38.4 Å². The summed E-state index contributed by atoms with van der Waals surface area (Å²) in [5, 5.41) is 2.35. The highest BCUT2D eigenvalue weighted by atomic mass is 32.1. The van der Waals surface area contributed by atoms with E-state index in [0.29, 0.717) is 19.4 Å². The van der Waals surface area contributed by atoms with E-state index in [-0.39, 0.29) is 17.5 Å². The first-order valence-corrected chi connectivity index (χ1v) is 10.6. The molecule has 0 aromatic rings. The van der Waals surface area contributed by atoms with Crippen LogP contribution in [0.4, 0.5) is 0 Å². The van der Waals surface area contributed by atoms with Crippen molar-refractivity contribution < 1.29 is 9.59 Å². The third kappa shape index (κ3) is 16.4. The van der Waals surface area contributed by atoms with Crippen molar-refractivity contribution in [2.24, 2.45) is 10.9 Å². The first-order chi connectivity index (χ1) is 12.1. The Labute approximate surface area is 160 Å².